The lowest BCUT2D eigenvalue weighted by Crippen LogP contribution is -2.45. The Hall–Kier alpha value is -0.440. The van der Waals surface area contributed by atoms with Crippen molar-refractivity contribution >= 4 is 17.6 Å². The summed E-state index contributed by atoms with van der Waals surface area (Å²) in [4.78, 5) is 12.0. The van der Waals surface area contributed by atoms with E-state index in [2.05, 4.69) is 0 Å². The van der Waals surface area contributed by atoms with Crippen molar-refractivity contribution in [2.24, 2.45) is 0 Å². The zero-order valence-corrected chi connectivity index (χ0v) is 14.7. The van der Waals surface area contributed by atoms with Crippen molar-refractivity contribution in [3.8, 4) is 0 Å². The summed E-state index contributed by atoms with van der Waals surface area (Å²) in [5, 5.41) is -0.762. The van der Waals surface area contributed by atoms with Crippen molar-refractivity contribution in [3.05, 3.63) is 0 Å². The van der Waals surface area contributed by atoms with E-state index in [4.69, 9.17) is 40.0 Å². The Morgan fingerprint density at radius 1 is 1.13 bits per heavy atom. The Kier molecular flexibility index (Phi) is 4.40. The number of fused-ring (bicyclic) bond motifs is 1. The van der Waals surface area contributed by atoms with Gasteiger partial charge in [-0.25, -0.2) is 0 Å². The van der Waals surface area contributed by atoms with Crippen LogP contribution in [-0.4, -0.2) is 60.2 Å². The predicted molar refractivity (Wildman–Crippen MR) is 78.8 cm³/mol. The van der Waals surface area contributed by atoms with Crippen LogP contribution >= 0.6 is 11.6 Å². The van der Waals surface area contributed by atoms with Gasteiger partial charge in [0.15, 0.2) is 30.1 Å². The fourth-order valence-electron chi connectivity index (χ4n) is 3.04. The van der Waals surface area contributed by atoms with E-state index in [-0.39, 0.29) is 6.10 Å². The third kappa shape index (κ3) is 3.50. The molecular weight excluding hydrogens is 328 g/mol. The second kappa shape index (κ2) is 5.82. The van der Waals surface area contributed by atoms with Gasteiger partial charge in [-0.05, 0) is 34.6 Å². The van der Waals surface area contributed by atoms with Gasteiger partial charge in [0, 0.05) is 0 Å². The Morgan fingerprint density at radius 2 is 1.83 bits per heavy atom. The molecule has 7 nitrogen and oxygen atoms in total. The molecule has 0 aromatic heterocycles. The SMILES string of the molecule is CC(Cl)C(=O)O[C@@H]1[C@H]2OC(C)(C)O[C@H]2O[C@@H]1[C@H]1COC(C)(C)O1. The average Bonchev–Trinajstić information content (AvgIpc) is 3.01. The molecule has 0 amide bonds. The number of esters is 1. The maximum absolute atomic E-state index is 12.0. The molecule has 0 N–H and O–H groups in total. The molecule has 3 heterocycles. The first-order valence-electron chi connectivity index (χ1n) is 7.75. The van der Waals surface area contributed by atoms with Crippen LogP contribution in [0.2, 0.25) is 0 Å². The normalized spacial score (nSPS) is 42.4. The monoisotopic (exact) mass is 350 g/mol. The minimum atomic E-state index is -0.802. The van der Waals surface area contributed by atoms with E-state index in [0.717, 1.165) is 0 Å². The summed E-state index contributed by atoms with van der Waals surface area (Å²) < 4.78 is 34.4. The highest BCUT2D eigenvalue weighted by atomic mass is 35.5. The van der Waals surface area contributed by atoms with Gasteiger partial charge in [-0.15, -0.1) is 11.6 Å². The van der Waals surface area contributed by atoms with Crippen LogP contribution in [0.15, 0.2) is 0 Å². The highest BCUT2D eigenvalue weighted by Crippen LogP contribution is 2.42. The zero-order chi connectivity index (χ0) is 17.0. The molecule has 23 heavy (non-hydrogen) atoms. The standard InChI is InChI=1S/C15H23ClO7/c1-7(16)12(17)19-10-9(8-6-18-14(2,3)21-8)20-13-11(10)22-15(4,5)23-13/h7-11,13H,6H2,1-5H3/t7?,8-,9-,10+,11-,13-/m1/s1. The Bertz CT molecular complexity index is 478. The first-order chi connectivity index (χ1) is 10.6. The van der Waals surface area contributed by atoms with Gasteiger partial charge in [0.2, 0.25) is 0 Å². The molecule has 8 heteroatoms. The van der Waals surface area contributed by atoms with Gasteiger partial charge in [-0.2, -0.15) is 0 Å². The van der Waals surface area contributed by atoms with Gasteiger partial charge in [-0.3, -0.25) is 4.79 Å². The lowest BCUT2D eigenvalue weighted by Gasteiger charge is -2.29. The maximum Gasteiger partial charge on any atom is 0.324 e. The fourth-order valence-corrected chi connectivity index (χ4v) is 3.09. The van der Waals surface area contributed by atoms with Crippen LogP contribution < -0.4 is 0 Å². The van der Waals surface area contributed by atoms with Crippen molar-refractivity contribution in [2.45, 2.75) is 82.3 Å². The van der Waals surface area contributed by atoms with Crippen LogP contribution in [0.4, 0.5) is 0 Å². The van der Waals surface area contributed by atoms with E-state index in [1.54, 1.807) is 20.8 Å². The van der Waals surface area contributed by atoms with Gasteiger partial charge in [0.1, 0.15) is 17.6 Å². The molecule has 0 spiro atoms. The van der Waals surface area contributed by atoms with E-state index in [1.165, 1.54) is 0 Å². The highest BCUT2D eigenvalue weighted by Gasteiger charge is 2.60. The molecule has 3 aliphatic heterocycles. The van der Waals surface area contributed by atoms with E-state index in [9.17, 15) is 4.79 Å². The highest BCUT2D eigenvalue weighted by molar-refractivity contribution is 6.29. The Morgan fingerprint density at radius 3 is 2.39 bits per heavy atom. The molecule has 1 unspecified atom stereocenters. The summed E-state index contributed by atoms with van der Waals surface area (Å²) in [5.74, 6) is -2.04. The third-order valence-electron chi connectivity index (χ3n) is 4.00. The quantitative estimate of drug-likeness (QED) is 0.565. The maximum atomic E-state index is 12.0. The van der Waals surface area contributed by atoms with Gasteiger partial charge in [-0.1, -0.05) is 0 Å². The molecule has 0 radical (unpaired) electrons. The first kappa shape index (κ1) is 17.4. The lowest BCUT2D eigenvalue weighted by atomic mass is 10.1. The van der Waals surface area contributed by atoms with Crippen LogP contribution in [0.3, 0.4) is 0 Å². The summed E-state index contributed by atoms with van der Waals surface area (Å²) >= 11 is 5.81. The molecule has 6 atom stereocenters. The summed E-state index contributed by atoms with van der Waals surface area (Å²) in [6, 6.07) is 0. The zero-order valence-electron chi connectivity index (χ0n) is 13.9. The smallest absolute Gasteiger partial charge is 0.324 e. The van der Waals surface area contributed by atoms with Crippen LogP contribution in [0.5, 0.6) is 0 Å². The van der Waals surface area contributed by atoms with Crippen molar-refractivity contribution < 1.29 is 33.2 Å². The topological polar surface area (TPSA) is 72.5 Å². The minimum absolute atomic E-state index is 0.338. The molecule has 3 saturated heterocycles. The number of carbonyl (C=O) groups excluding carboxylic acids is 1. The molecule has 0 aliphatic carbocycles. The van der Waals surface area contributed by atoms with E-state index in [1.807, 2.05) is 13.8 Å². The van der Waals surface area contributed by atoms with E-state index < -0.39 is 47.5 Å². The minimum Gasteiger partial charge on any atom is -0.455 e. The third-order valence-corrected chi connectivity index (χ3v) is 4.18. The predicted octanol–water partition coefficient (Wildman–Crippen LogP) is 1.55. The number of halogens is 1. The van der Waals surface area contributed by atoms with Crippen LogP contribution in [0.1, 0.15) is 34.6 Å². The summed E-state index contributed by atoms with van der Waals surface area (Å²) in [7, 11) is 0. The fraction of sp³-hybridized carbons (Fsp3) is 0.933. The average molecular weight is 351 g/mol. The number of carbonyl (C=O) groups is 1. The molecule has 0 aromatic carbocycles. The Balaban J connectivity index is 1.77. The largest absolute Gasteiger partial charge is 0.455 e. The molecule has 0 aromatic rings. The lowest BCUT2D eigenvalue weighted by molar-refractivity contribution is -0.235. The number of hydrogen-bond donors (Lipinski definition) is 0. The Labute approximate surface area is 140 Å². The van der Waals surface area contributed by atoms with Crippen LogP contribution in [-0.2, 0) is 33.2 Å². The molecule has 3 aliphatic rings. The van der Waals surface area contributed by atoms with Gasteiger partial charge in [0.05, 0.1) is 6.61 Å². The van der Waals surface area contributed by atoms with E-state index >= 15 is 0 Å². The van der Waals surface area contributed by atoms with Gasteiger partial charge in [0.25, 0.3) is 0 Å². The number of rotatable bonds is 3. The van der Waals surface area contributed by atoms with Crippen LogP contribution in [0.25, 0.3) is 0 Å². The van der Waals surface area contributed by atoms with Gasteiger partial charge < -0.3 is 28.4 Å². The molecule has 132 valence electrons. The second-order valence-corrected chi connectivity index (χ2v) is 7.61. The molecular formula is C15H23ClO7. The van der Waals surface area contributed by atoms with E-state index in [0.29, 0.717) is 6.61 Å². The number of hydrogen-bond acceptors (Lipinski definition) is 7. The molecule has 3 fully saturated rings. The van der Waals surface area contributed by atoms with Crippen molar-refractivity contribution in [3.63, 3.8) is 0 Å². The number of alkyl halides is 1. The summed E-state index contributed by atoms with van der Waals surface area (Å²) in [5.41, 5.74) is 0. The van der Waals surface area contributed by atoms with Crippen molar-refractivity contribution in [1.29, 1.82) is 0 Å². The van der Waals surface area contributed by atoms with Crippen LogP contribution in [0, 0.1) is 0 Å². The molecule has 0 bridgehead atoms. The molecule has 0 saturated carbocycles. The second-order valence-electron chi connectivity index (χ2n) is 6.95. The van der Waals surface area contributed by atoms with Crippen molar-refractivity contribution in [2.75, 3.05) is 6.61 Å². The molecule has 3 rings (SSSR count). The first-order valence-corrected chi connectivity index (χ1v) is 8.19. The van der Waals surface area contributed by atoms with Crippen molar-refractivity contribution in [1.82, 2.24) is 0 Å². The number of ether oxygens (including phenoxy) is 6. The van der Waals surface area contributed by atoms with Gasteiger partial charge >= 0.3 is 5.97 Å². The summed E-state index contributed by atoms with van der Waals surface area (Å²) in [6.07, 6.45) is -2.73. The summed E-state index contributed by atoms with van der Waals surface area (Å²) in [6.45, 7) is 9.10.